The molecule has 1 heterocycles. The SMILES string of the molecule is C=C.NCCN1CCC(F)(F)CC1. The molecule has 2 N–H and O–H groups in total. The van der Waals surface area contributed by atoms with Gasteiger partial charge < -0.3 is 10.6 Å². The standard InChI is InChI=1S/C7H14F2N2.C2H4/c8-7(9)1-4-11(5-2-7)6-3-10;1-2/h1-6,10H2;1-2H2. The van der Waals surface area contributed by atoms with Crippen molar-refractivity contribution >= 4 is 0 Å². The first-order chi connectivity index (χ1) is 6.14. The predicted octanol–water partition coefficient (Wildman–Crippen LogP) is 1.48. The van der Waals surface area contributed by atoms with E-state index in [2.05, 4.69) is 13.2 Å². The second-order valence-corrected chi connectivity index (χ2v) is 2.99. The molecule has 1 saturated heterocycles. The third-order valence-electron chi connectivity index (χ3n) is 2.03. The van der Waals surface area contributed by atoms with Crippen molar-refractivity contribution in [1.82, 2.24) is 4.90 Å². The van der Waals surface area contributed by atoms with E-state index in [-0.39, 0.29) is 12.8 Å². The van der Waals surface area contributed by atoms with E-state index in [9.17, 15) is 8.78 Å². The molecule has 0 aliphatic carbocycles. The molecule has 0 aromatic carbocycles. The van der Waals surface area contributed by atoms with Crippen molar-refractivity contribution in [1.29, 1.82) is 0 Å². The summed E-state index contributed by atoms with van der Waals surface area (Å²) < 4.78 is 25.1. The van der Waals surface area contributed by atoms with E-state index in [1.165, 1.54) is 0 Å². The lowest BCUT2D eigenvalue weighted by Crippen LogP contribution is -2.41. The Bertz CT molecular complexity index is 130. The van der Waals surface area contributed by atoms with Crippen LogP contribution in [0.3, 0.4) is 0 Å². The van der Waals surface area contributed by atoms with E-state index in [1.54, 1.807) is 0 Å². The molecule has 0 aromatic heterocycles. The molecular weight excluding hydrogens is 174 g/mol. The van der Waals surface area contributed by atoms with Crippen LogP contribution in [-0.2, 0) is 0 Å². The van der Waals surface area contributed by atoms with E-state index in [1.807, 2.05) is 4.90 Å². The molecule has 13 heavy (non-hydrogen) atoms. The van der Waals surface area contributed by atoms with Crippen molar-refractivity contribution in [2.75, 3.05) is 26.2 Å². The molecule has 0 unspecified atom stereocenters. The molecule has 1 aliphatic rings. The molecule has 0 spiro atoms. The minimum Gasteiger partial charge on any atom is -0.329 e. The lowest BCUT2D eigenvalue weighted by molar-refractivity contribution is -0.0544. The molecule has 78 valence electrons. The number of nitrogens with two attached hydrogens (primary N) is 1. The Labute approximate surface area is 78.4 Å². The van der Waals surface area contributed by atoms with Gasteiger partial charge in [-0.05, 0) is 0 Å². The smallest absolute Gasteiger partial charge is 0.250 e. The highest BCUT2D eigenvalue weighted by molar-refractivity contribution is 4.77. The summed E-state index contributed by atoms with van der Waals surface area (Å²) in [4.78, 5) is 1.98. The molecule has 1 rings (SSSR count). The highest BCUT2D eigenvalue weighted by atomic mass is 19.3. The van der Waals surface area contributed by atoms with E-state index in [0.717, 1.165) is 6.54 Å². The number of alkyl halides is 2. The topological polar surface area (TPSA) is 29.3 Å². The van der Waals surface area contributed by atoms with Crippen molar-refractivity contribution in [2.45, 2.75) is 18.8 Å². The maximum absolute atomic E-state index is 12.6. The van der Waals surface area contributed by atoms with Crippen LogP contribution >= 0.6 is 0 Å². The zero-order valence-electron chi connectivity index (χ0n) is 7.94. The van der Waals surface area contributed by atoms with Gasteiger partial charge in [-0.2, -0.15) is 0 Å². The highest BCUT2D eigenvalue weighted by Crippen LogP contribution is 2.27. The zero-order chi connectivity index (χ0) is 10.3. The Morgan fingerprint density at radius 1 is 1.23 bits per heavy atom. The second kappa shape index (κ2) is 6.05. The number of halogens is 2. The van der Waals surface area contributed by atoms with Gasteiger partial charge in [0.2, 0.25) is 0 Å². The van der Waals surface area contributed by atoms with Gasteiger partial charge in [0.15, 0.2) is 0 Å². The fourth-order valence-corrected chi connectivity index (χ4v) is 1.29. The average Bonchev–Trinajstić information content (AvgIpc) is 2.13. The molecule has 0 atom stereocenters. The van der Waals surface area contributed by atoms with Crippen molar-refractivity contribution in [3.63, 3.8) is 0 Å². The van der Waals surface area contributed by atoms with Gasteiger partial charge in [-0.1, -0.05) is 0 Å². The third kappa shape index (κ3) is 4.95. The van der Waals surface area contributed by atoms with E-state index in [4.69, 9.17) is 5.73 Å². The molecule has 0 amide bonds. The van der Waals surface area contributed by atoms with Gasteiger partial charge in [-0.25, -0.2) is 8.78 Å². The van der Waals surface area contributed by atoms with Crippen LogP contribution in [0.5, 0.6) is 0 Å². The van der Waals surface area contributed by atoms with E-state index >= 15 is 0 Å². The second-order valence-electron chi connectivity index (χ2n) is 2.99. The van der Waals surface area contributed by atoms with Gasteiger partial charge >= 0.3 is 0 Å². The molecular formula is C9H18F2N2. The van der Waals surface area contributed by atoms with Gasteiger partial charge in [0.25, 0.3) is 5.92 Å². The summed E-state index contributed by atoms with van der Waals surface area (Å²) in [6.45, 7) is 8.29. The fourth-order valence-electron chi connectivity index (χ4n) is 1.29. The van der Waals surface area contributed by atoms with E-state index in [0.29, 0.717) is 19.6 Å². The molecule has 4 heteroatoms. The number of hydrogen-bond donors (Lipinski definition) is 1. The minimum absolute atomic E-state index is 0.00694. The molecule has 0 saturated carbocycles. The van der Waals surface area contributed by atoms with Crippen LogP contribution in [-0.4, -0.2) is 37.0 Å². The number of rotatable bonds is 2. The van der Waals surface area contributed by atoms with Gasteiger partial charge in [0.05, 0.1) is 0 Å². The third-order valence-corrected chi connectivity index (χ3v) is 2.03. The Morgan fingerprint density at radius 3 is 2.08 bits per heavy atom. The van der Waals surface area contributed by atoms with Crippen LogP contribution in [0.1, 0.15) is 12.8 Å². The maximum Gasteiger partial charge on any atom is 0.250 e. The van der Waals surface area contributed by atoms with Gasteiger partial charge in [0, 0.05) is 39.0 Å². The average molecular weight is 192 g/mol. The highest BCUT2D eigenvalue weighted by Gasteiger charge is 2.33. The first kappa shape index (κ1) is 12.5. The Balaban J connectivity index is 0.000000671. The summed E-state index contributed by atoms with van der Waals surface area (Å²) in [6, 6.07) is 0. The minimum atomic E-state index is -2.43. The molecule has 2 nitrogen and oxygen atoms in total. The van der Waals surface area contributed by atoms with Gasteiger partial charge in [-0.15, -0.1) is 13.2 Å². The number of likely N-dealkylation sites (tertiary alicyclic amines) is 1. The summed E-state index contributed by atoms with van der Waals surface area (Å²) in [5.41, 5.74) is 5.30. The van der Waals surface area contributed by atoms with Gasteiger partial charge in [0.1, 0.15) is 0 Å². The zero-order valence-corrected chi connectivity index (χ0v) is 7.94. The number of hydrogen-bond acceptors (Lipinski definition) is 2. The fraction of sp³-hybridized carbons (Fsp3) is 0.778. The summed E-state index contributed by atoms with van der Waals surface area (Å²) >= 11 is 0. The van der Waals surface area contributed by atoms with Crippen LogP contribution in [0, 0.1) is 0 Å². The van der Waals surface area contributed by atoms with Crippen molar-refractivity contribution in [2.24, 2.45) is 5.73 Å². The molecule has 0 radical (unpaired) electrons. The molecule has 1 aliphatic heterocycles. The maximum atomic E-state index is 12.6. The van der Waals surface area contributed by atoms with Crippen molar-refractivity contribution in [3.8, 4) is 0 Å². The summed E-state index contributed by atoms with van der Waals surface area (Å²) in [5.74, 6) is -2.43. The predicted molar refractivity (Wildman–Crippen MR) is 50.9 cm³/mol. The van der Waals surface area contributed by atoms with E-state index < -0.39 is 5.92 Å². The normalized spacial score (nSPS) is 21.8. The summed E-state index contributed by atoms with van der Waals surface area (Å²) in [5, 5.41) is 0. The van der Waals surface area contributed by atoms with Crippen molar-refractivity contribution in [3.05, 3.63) is 13.2 Å². The Morgan fingerprint density at radius 2 is 1.69 bits per heavy atom. The summed E-state index contributed by atoms with van der Waals surface area (Å²) in [7, 11) is 0. The Kier molecular flexibility index (Phi) is 5.82. The lowest BCUT2D eigenvalue weighted by Gasteiger charge is -2.31. The largest absolute Gasteiger partial charge is 0.329 e. The number of piperidine rings is 1. The first-order valence-electron chi connectivity index (χ1n) is 4.44. The molecule has 0 bridgehead atoms. The summed E-state index contributed by atoms with van der Waals surface area (Å²) in [6.07, 6.45) is -0.0139. The van der Waals surface area contributed by atoms with Crippen LogP contribution in [0.15, 0.2) is 13.2 Å². The molecule has 0 aromatic rings. The number of nitrogens with zero attached hydrogens (tertiary/aromatic N) is 1. The van der Waals surface area contributed by atoms with Crippen LogP contribution in [0.2, 0.25) is 0 Å². The van der Waals surface area contributed by atoms with Crippen LogP contribution < -0.4 is 5.73 Å². The van der Waals surface area contributed by atoms with Crippen LogP contribution in [0.4, 0.5) is 8.78 Å². The monoisotopic (exact) mass is 192 g/mol. The molecule has 1 fully saturated rings. The van der Waals surface area contributed by atoms with Gasteiger partial charge in [-0.3, -0.25) is 0 Å². The Hall–Kier alpha value is -0.480. The lowest BCUT2D eigenvalue weighted by atomic mass is 10.1. The van der Waals surface area contributed by atoms with Crippen LogP contribution in [0.25, 0.3) is 0 Å². The van der Waals surface area contributed by atoms with Crippen molar-refractivity contribution < 1.29 is 8.78 Å². The quantitative estimate of drug-likeness (QED) is 0.671. The first-order valence-corrected chi connectivity index (χ1v) is 4.44.